The number of hydrogen-bond acceptors (Lipinski definition) is 3. The van der Waals surface area contributed by atoms with Crippen LogP contribution in [0, 0.1) is 6.92 Å². The van der Waals surface area contributed by atoms with E-state index in [1.54, 1.807) is 4.90 Å². The standard InChI is InChI=1S/C15H22N2O2/c1-11-9-12(5-7-16-11)13-6-8-17(10-13)14(18)19-15(2,3)4/h5,7,9,13H,6,8,10H2,1-4H3. The lowest BCUT2D eigenvalue weighted by Gasteiger charge is -2.24. The highest BCUT2D eigenvalue weighted by atomic mass is 16.6. The number of aryl methyl sites for hydroxylation is 1. The van der Waals surface area contributed by atoms with Gasteiger partial charge in [0.05, 0.1) is 0 Å². The zero-order valence-corrected chi connectivity index (χ0v) is 12.1. The van der Waals surface area contributed by atoms with Gasteiger partial charge in [0.15, 0.2) is 0 Å². The molecule has 104 valence electrons. The summed E-state index contributed by atoms with van der Waals surface area (Å²) in [7, 11) is 0. The van der Waals surface area contributed by atoms with E-state index in [-0.39, 0.29) is 6.09 Å². The molecule has 4 nitrogen and oxygen atoms in total. The van der Waals surface area contributed by atoms with Crippen LogP contribution in [0.4, 0.5) is 4.79 Å². The number of carbonyl (C=O) groups excluding carboxylic acids is 1. The monoisotopic (exact) mass is 262 g/mol. The van der Waals surface area contributed by atoms with Crippen molar-refractivity contribution in [3.8, 4) is 0 Å². The third-order valence-electron chi connectivity index (χ3n) is 3.23. The molecule has 1 fully saturated rings. The van der Waals surface area contributed by atoms with E-state index in [1.807, 2.05) is 40.0 Å². The maximum Gasteiger partial charge on any atom is 0.410 e. The van der Waals surface area contributed by atoms with Crippen LogP contribution in [0.15, 0.2) is 18.3 Å². The average Bonchev–Trinajstić information content (AvgIpc) is 2.75. The van der Waals surface area contributed by atoms with Crippen molar-refractivity contribution in [1.29, 1.82) is 0 Å². The Kier molecular flexibility index (Phi) is 3.78. The van der Waals surface area contributed by atoms with E-state index in [0.717, 1.165) is 25.2 Å². The largest absolute Gasteiger partial charge is 0.444 e. The van der Waals surface area contributed by atoms with E-state index in [2.05, 4.69) is 11.1 Å². The van der Waals surface area contributed by atoms with Gasteiger partial charge in [0.1, 0.15) is 5.60 Å². The first kappa shape index (κ1) is 13.8. The molecule has 19 heavy (non-hydrogen) atoms. The summed E-state index contributed by atoms with van der Waals surface area (Å²) in [5.74, 6) is 0.397. The second kappa shape index (κ2) is 5.19. The summed E-state index contributed by atoms with van der Waals surface area (Å²) in [6, 6.07) is 4.14. The van der Waals surface area contributed by atoms with E-state index in [1.165, 1.54) is 5.56 Å². The summed E-state index contributed by atoms with van der Waals surface area (Å²) in [5.41, 5.74) is 1.86. The molecular weight excluding hydrogens is 240 g/mol. The van der Waals surface area contributed by atoms with E-state index < -0.39 is 5.60 Å². The molecule has 4 heteroatoms. The van der Waals surface area contributed by atoms with Gasteiger partial charge < -0.3 is 9.64 Å². The molecule has 0 radical (unpaired) electrons. The van der Waals surface area contributed by atoms with Crippen LogP contribution in [-0.4, -0.2) is 34.7 Å². The first-order chi connectivity index (χ1) is 8.85. The van der Waals surface area contributed by atoms with Crippen LogP contribution in [0.1, 0.15) is 44.4 Å². The number of rotatable bonds is 1. The van der Waals surface area contributed by atoms with Crippen LogP contribution >= 0.6 is 0 Å². The van der Waals surface area contributed by atoms with E-state index in [0.29, 0.717) is 5.92 Å². The molecule has 0 spiro atoms. The fraction of sp³-hybridized carbons (Fsp3) is 0.600. The molecule has 1 unspecified atom stereocenters. The molecule has 0 aliphatic carbocycles. The van der Waals surface area contributed by atoms with E-state index in [9.17, 15) is 4.79 Å². The molecule has 1 aromatic heterocycles. The van der Waals surface area contributed by atoms with Gasteiger partial charge in [-0.25, -0.2) is 4.79 Å². The van der Waals surface area contributed by atoms with Gasteiger partial charge >= 0.3 is 6.09 Å². The Morgan fingerprint density at radius 2 is 2.21 bits per heavy atom. The topological polar surface area (TPSA) is 42.4 Å². The van der Waals surface area contributed by atoms with Crippen molar-refractivity contribution in [2.24, 2.45) is 0 Å². The fourth-order valence-electron chi connectivity index (χ4n) is 2.35. The molecule has 1 atom stereocenters. The maximum atomic E-state index is 12.0. The number of likely N-dealkylation sites (tertiary alicyclic amines) is 1. The number of hydrogen-bond donors (Lipinski definition) is 0. The fourth-order valence-corrected chi connectivity index (χ4v) is 2.35. The number of amides is 1. The maximum absolute atomic E-state index is 12.0. The minimum absolute atomic E-state index is 0.208. The van der Waals surface area contributed by atoms with Crippen LogP contribution in [0.3, 0.4) is 0 Å². The number of carbonyl (C=O) groups is 1. The summed E-state index contributed by atoms with van der Waals surface area (Å²) in [6.07, 6.45) is 2.62. The zero-order chi connectivity index (χ0) is 14.0. The predicted molar refractivity (Wildman–Crippen MR) is 74.1 cm³/mol. The summed E-state index contributed by atoms with van der Waals surface area (Å²) >= 11 is 0. The number of nitrogens with zero attached hydrogens (tertiary/aromatic N) is 2. The molecule has 1 aliphatic rings. The molecule has 1 saturated heterocycles. The minimum atomic E-state index is -0.428. The van der Waals surface area contributed by atoms with Crippen molar-refractivity contribution < 1.29 is 9.53 Å². The van der Waals surface area contributed by atoms with Crippen molar-refractivity contribution in [2.75, 3.05) is 13.1 Å². The molecule has 0 bridgehead atoms. The van der Waals surface area contributed by atoms with Crippen molar-refractivity contribution in [3.63, 3.8) is 0 Å². The zero-order valence-electron chi connectivity index (χ0n) is 12.1. The molecule has 2 rings (SSSR count). The van der Waals surface area contributed by atoms with Crippen molar-refractivity contribution in [3.05, 3.63) is 29.6 Å². The summed E-state index contributed by atoms with van der Waals surface area (Å²) < 4.78 is 5.40. The third kappa shape index (κ3) is 3.69. The van der Waals surface area contributed by atoms with Gasteiger partial charge in [0, 0.05) is 30.9 Å². The van der Waals surface area contributed by atoms with Gasteiger partial charge in [0.2, 0.25) is 0 Å². The second-order valence-electron chi connectivity index (χ2n) is 6.14. The average molecular weight is 262 g/mol. The Morgan fingerprint density at radius 1 is 1.47 bits per heavy atom. The number of aromatic nitrogens is 1. The molecule has 0 aromatic carbocycles. The van der Waals surface area contributed by atoms with Gasteiger partial charge in [0.25, 0.3) is 0 Å². The van der Waals surface area contributed by atoms with Crippen LogP contribution in [0.25, 0.3) is 0 Å². The minimum Gasteiger partial charge on any atom is -0.444 e. The quantitative estimate of drug-likeness (QED) is 0.781. The molecule has 0 N–H and O–H groups in total. The van der Waals surface area contributed by atoms with Gasteiger partial charge in [-0.05, 0) is 51.8 Å². The van der Waals surface area contributed by atoms with Gasteiger partial charge in [-0.2, -0.15) is 0 Å². The molecule has 2 heterocycles. The van der Waals surface area contributed by atoms with Crippen molar-refractivity contribution in [1.82, 2.24) is 9.88 Å². The highest BCUT2D eigenvalue weighted by Crippen LogP contribution is 2.28. The van der Waals surface area contributed by atoms with E-state index in [4.69, 9.17) is 4.74 Å². The van der Waals surface area contributed by atoms with Gasteiger partial charge in [-0.3, -0.25) is 4.98 Å². The summed E-state index contributed by atoms with van der Waals surface area (Å²) in [5, 5.41) is 0. The Balaban J connectivity index is 1.98. The second-order valence-corrected chi connectivity index (χ2v) is 6.14. The van der Waals surface area contributed by atoms with Crippen LogP contribution in [0.5, 0.6) is 0 Å². The number of pyridine rings is 1. The van der Waals surface area contributed by atoms with Gasteiger partial charge in [-0.15, -0.1) is 0 Å². The predicted octanol–water partition coefficient (Wildman–Crippen LogP) is 3.11. The lowest BCUT2D eigenvalue weighted by atomic mass is 9.99. The summed E-state index contributed by atoms with van der Waals surface area (Å²) in [6.45, 7) is 9.17. The molecule has 1 aromatic rings. The first-order valence-electron chi connectivity index (χ1n) is 6.75. The molecular formula is C15H22N2O2. The van der Waals surface area contributed by atoms with Crippen LogP contribution < -0.4 is 0 Å². The molecule has 0 saturated carbocycles. The normalized spacial score (nSPS) is 19.6. The molecule has 1 aliphatic heterocycles. The van der Waals surface area contributed by atoms with Gasteiger partial charge in [-0.1, -0.05) is 0 Å². The smallest absolute Gasteiger partial charge is 0.410 e. The third-order valence-corrected chi connectivity index (χ3v) is 3.23. The Morgan fingerprint density at radius 3 is 2.84 bits per heavy atom. The lowest BCUT2D eigenvalue weighted by Crippen LogP contribution is -2.35. The summed E-state index contributed by atoms with van der Waals surface area (Å²) in [4.78, 5) is 18.0. The Hall–Kier alpha value is -1.58. The Bertz CT molecular complexity index is 465. The SMILES string of the molecule is Cc1cc(C2CCN(C(=O)OC(C)(C)C)C2)ccn1. The first-order valence-corrected chi connectivity index (χ1v) is 6.75. The Labute approximate surface area is 114 Å². The van der Waals surface area contributed by atoms with Crippen molar-refractivity contribution >= 4 is 6.09 Å². The number of ether oxygens (including phenoxy) is 1. The van der Waals surface area contributed by atoms with Crippen LogP contribution in [0.2, 0.25) is 0 Å². The lowest BCUT2D eigenvalue weighted by molar-refractivity contribution is 0.0292. The highest BCUT2D eigenvalue weighted by molar-refractivity contribution is 5.68. The van der Waals surface area contributed by atoms with Crippen LogP contribution in [-0.2, 0) is 4.74 Å². The van der Waals surface area contributed by atoms with E-state index >= 15 is 0 Å². The highest BCUT2D eigenvalue weighted by Gasteiger charge is 2.30. The van der Waals surface area contributed by atoms with Crippen molar-refractivity contribution in [2.45, 2.75) is 45.6 Å². The molecule has 1 amide bonds.